The van der Waals surface area contributed by atoms with Gasteiger partial charge in [-0.05, 0) is 74.9 Å². The van der Waals surface area contributed by atoms with Crippen LogP contribution in [-0.4, -0.2) is 35.4 Å². The number of hydrogen-bond donors (Lipinski definition) is 0. The van der Waals surface area contributed by atoms with Gasteiger partial charge in [0.05, 0.1) is 13.2 Å². The van der Waals surface area contributed by atoms with E-state index in [9.17, 15) is 4.79 Å². The highest BCUT2D eigenvalue weighted by Crippen LogP contribution is 2.34. The largest absolute Gasteiger partial charge is 0.493 e. The molecule has 1 aromatic rings. The third-order valence-corrected chi connectivity index (χ3v) is 5.73. The van der Waals surface area contributed by atoms with Gasteiger partial charge in [-0.3, -0.25) is 4.79 Å². The lowest BCUT2D eigenvalue weighted by molar-refractivity contribution is -0.141. The van der Waals surface area contributed by atoms with Crippen LogP contribution in [0.3, 0.4) is 0 Å². The number of ether oxygens (including phenoxy) is 3. The van der Waals surface area contributed by atoms with Crippen molar-refractivity contribution in [3.05, 3.63) is 29.3 Å². The van der Waals surface area contributed by atoms with Crippen LogP contribution in [0.2, 0.25) is 0 Å². The minimum Gasteiger partial charge on any atom is -0.493 e. The first-order valence-corrected chi connectivity index (χ1v) is 11.1. The summed E-state index contributed by atoms with van der Waals surface area (Å²) in [7, 11) is 0. The highest BCUT2D eigenvalue weighted by atomic mass is 32.2. The van der Waals surface area contributed by atoms with Crippen molar-refractivity contribution in [2.24, 2.45) is 5.41 Å². The lowest BCUT2D eigenvalue weighted by atomic mass is 9.83. The van der Waals surface area contributed by atoms with Crippen LogP contribution in [0.1, 0.15) is 58.1 Å². The van der Waals surface area contributed by atoms with Crippen molar-refractivity contribution < 1.29 is 19.0 Å². The molecule has 158 valence electrons. The second kappa shape index (κ2) is 12.3. The van der Waals surface area contributed by atoms with E-state index >= 15 is 0 Å². The maximum absolute atomic E-state index is 11.2. The van der Waals surface area contributed by atoms with Crippen molar-refractivity contribution in [1.82, 2.24) is 0 Å². The topological polar surface area (TPSA) is 44.8 Å². The molecule has 0 spiro atoms. The molecule has 0 saturated carbocycles. The molecule has 0 N–H and O–H groups in total. The zero-order valence-electron chi connectivity index (χ0n) is 18.0. The molecule has 0 heterocycles. The first-order valence-electron chi connectivity index (χ1n) is 9.80. The van der Waals surface area contributed by atoms with E-state index in [-0.39, 0.29) is 16.6 Å². The van der Waals surface area contributed by atoms with E-state index in [2.05, 4.69) is 45.9 Å². The maximum atomic E-state index is 11.2. The Morgan fingerprint density at radius 2 is 1.96 bits per heavy atom. The van der Waals surface area contributed by atoms with Gasteiger partial charge >= 0.3 is 5.97 Å². The minimum absolute atomic E-state index is 0.0741. The molecular weight excluding hydrogens is 392 g/mol. The number of carbonyl (C=O) groups excluding carboxylic acids is 1. The van der Waals surface area contributed by atoms with E-state index in [1.54, 1.807) is 0 Å². The fraction of sp³-hybridized carbons (Fsp3) is 0.636. The van der Waals surface area contributed by atoms with Crippen LogP contribution in [0.4, 0.5) is 0 Å². The zero-order valence-corrected chi connectivity index (χ0v) is 19.6. The molecule has 0 aliphatic heterocycles. The first-order chi connectivity index (χ1) is 13.1. The fourth-order valence-electron chi connectivity index (χ4n) is 2.95. The predicted molar refractivity (Wildman–Crippen MR) is 121 cm³/mol. The van der Waals surface area contributed by atoms with E-state index in [1.807, 2.05) is 6.92 Å². The second-order valence-corrected chi connectivity index (χ2v) is 9.72. The van der Waals surface area contributed by atoms with Crippen LogP contribution in [0, 0.1) is 19.3 Å². The Morgan fingerprint density at radius 1 is 1.25 bits per heavy atom. The average molecular weight is 427 g/mol. The van der Waals surface area contributed by atoms with Crippen LogP contribution in [0.25, 0.3) is 0 Å². The molecule has 28 heavy (non-hydrogen) atoms. The molecular formula is C22H34O4S2. The van der Waals surface area contributed by atoms with Crippen LogP contribution in [-0.2, 0) is 14.3 Å². The second-order valence-electron chi connectivity index (χ2n) is 7.81. The van der Waals surface area contributed by atoms with Crippen LogP contribution >= 0.6 is 24.0 Å². The van der Waals surface area contributed by atoms with Gasteiger partial charge in [0, 0.05) is 12.2 Å². The summed E-state index contributed by atoms with van der Waals surface area (Å²) >= 11 is 6.74. The predicted octanol–water partition coefficient (Wildman–Crippen LogP) is 5.87. The van der Waals surface area contributed by atoms with Gasteiger partial charge in [-0.25, -0.2) is 0 Å². The van der Waals surface area contributed by atoms with Crippen molar-refractivity contribution in [1.29, 1.82) is 0 Å². The monoisotopic (exact) mass is 426 g/mol. The number of thiocarbonyl (C=S) groups is 1. The van der Waals surface area contributed by atoms with Crippen LogP contribution in [0.15, 0.2) is 18.2 Å². The first kappa shape index (κ1) is 24.8. The molecule has 6 heteroatoms. The molecule has 1 rings (SSSR count). The number of benzene rings is 1. The average Bonchev–Trinajstić information content (AvgIpc) is 2.59. The smallest absolute Gasteiger partial charge is 0.302 e. The molecule has 0 bridgehead atoms. The standard InChI is InChI=1S/C22H34O4S2/c1-7-24-21(27)28-19(15-26-18(4)23)14-22(5,6)11-8-12-25-20-13-16(2)9-10-17(20)3/h9-10,13,19H,7-8,11-12,14-15H2,1-6H3. The number of carbonyl (C=O) groups is 1. The molecule has 0 radical (unpaired) electrons. The summed E-state index contributed by atoms with van der Waals surface area (Å²) in [5.41, 5.74) is 2.44. The quantitative estimate of drug-likeness (QED) is 0.251. The summed E-state index contributed by atoms with van der Waals surface area (Å²) in [6.45, 7) is 13.5. The van der Waals surface area contributed by atoms with E-state index in [0.29, 0.717) is 24.2 Å². The Labute approximate surface area is 179 Å². The van der Waals surface area contributed by atoms with Crippen molar-refractivity contribution in [2.45, 2.75) is 66.1 Å². The summed E-state index contributed by atoms with van der Waals surface area (Å²) < 4.78 is 17.1. The van der Waals surface area contributed by atoms with Crippen molar-refractivity contribution in [2.75, 3.05) is 19.8 Å². The molecule has 0 saturated heterocycles. The lowest BCUT2D eigenvalue weighted by Crippen LogP contribution is -2.25. The number of rotatable bonds is 11. The molecule has 1 unspecified atom stereocenters. The van der Waals surface area contributed by atoms with Gasteiger partial charge in [-0.2, -0.15) is 0 Å². The summed E-state index contributed by atoms with van der Waals surface area (Å²) in [6.07, 6.45) is 2.85. The highest BCUT2D eigenvalue weighted by molar-refractivity contribution is 8.23. The normalized spacial score (nSPS) is 12.4. The van der Waals surface area contributed by atoms with Gasteiger partial charge in [0.2, 0.25) is 4.38 Å². The lowest BCUT2D eigenvalue weighted by Gasteiger charge is -2.29. The molecule has 0 aromatic heterocycles. The molecule has 4 nitrogen and oxygen atoms in total. The molecule has 0 aliphatic carbocycles. The summed E-state index contributed by atoms with van der Waals surface area (Å²) in [4.78, 5) is 11.2. The Balaban J connectivity index is 2.52. The van der Waals surface area contributed by atoms with Gasteiger partial charge in [0.1, 0.15) is 12.4 Å². The molecule has 1 aromatic carbocycles. The molecule has 0 amide bonds. The fourth-order valence-corrected chi connectivity index (χ4v) is 4.60. The van der Waals surface area contributed by atoms with Gasteiger partial charge in [0.25, 0.3) is 0 Å². The van der Waals surface area contributed by atoms with E-state index < -0.39 is 0 Å². The summed E-state index contributed by atoms with van der Waals surface area (Å²) in [5.74, 6) is 0.691. The zero-order chi connectivity index (χ0) is 21.2. The highest BCUT2D eigenvalue weighted by Gasteiger charge is 2.26. The third-order valence-electron chi connectivity index (χ3n) is 4.38. The Hall–Kier alpha value is -1.27. The van der Waals surface area contributed by atoms with Crippen molar-refractivity contribution >= 4 is 34.3 Å². The summed E-state index contributed by atoms with van der Waals surface area (Å²) in [6, 6.07) is 6.27. The van der Waals surface area contributed by atoms with E-state index in [1.165, 1.54) is 24.2 Å². The number of thioether (sulfide) groups is 1. The number of hydrogen-bond acceptors (Lipinski definition) is 6. The van der Waals surface area contributed by atoms with Crippen LogP contribution < -0.4 is 4.74 Å². The molecule has 1 atom stereocenters. The van der Waals surface area contributed by atoms with E-state index in [4.69, 9.17) is 26.4 Å². The van der Waals surface area contributed by atoms with Gasteiger partial charge in [0.15, 0.2) is 0 Å². The number of esters is 1. The third kappa shape index (κ3) is 10.3. The SMILES string of the molecule is CCOC(=S)SC(COC(C)=O)CC(C)(C)CCCOc1cc(C)ccc1C. The Kier molecular flexibility index (Phi) is 10.9. The Bertz CT molecular complexity index is 643. The van der Waals surface area contributed by atoms with Crippen LogP contribution in [0.5, 0.6) is 5.75 Å². The van der Waals surface area contributed by atoms with Gasteiger partial charge in [-0.1, -0.05) is 37.7 Å². The number of aryl methyl sites for hydroxylation is 2. The molecule has 0 aliphatic rings. The van der Waals surface area contributed by atoms with E-state index in [0.717, 1.165) is 30.6 Å². The maximum Gasteiger partial charge on any atom is 0.302 e. The molecule has 0 fully saturated rings. The minimum atomic E-state index is -0.271. The van der Waals surface area contributed by atoms with Gasteiger partial charge in [-0.15, -0.1) is 0 Å². The Morgan fingerprint density at radius 3 is 2.61 bits per heavy atom. The van der Waals surface area contributed by atoms with Crippen molar-refractivity contribution in [3.8, 4) is 5.75 Å². The van der Waals surface area contributed by atoms with Crippen molar-refractivity contribution in [3.63, 3.8) is 0 Å². The summed E-state index contributed by atoms with van der Waals surface area (Å²) in [5, 5.41) is 0.0814. The van der Waals surface area contributed by atoms with Gasteiger partial charge < -0.3 is 14.2 Å².